The lowest BCUT2D eigenvalue weighted by Gasteiger charge is -2.29. The molecular formula is C20H19N4O2S+. The molecule has 0 saturated heterocycles. The maximum absolute atomic E-state index is 12.8. The van der Waals surface area contributed by atoms with Crippen LogP contribution in [0, 0.1) is 0 Å². The van der Waals surface area contributed by atoms with Crippen LogP contribution in [0.5, 0.6) is 0 Å². The van der Waals surface area contributed by atoms with Crippen LogP contribution < -0.4 is 15.1 Å². The number of fused-ring (bicyclic) bond motifs is 3. The molecule has 7 heteroatoms. The van der Waals surface area contributed by atoms with Crippen LogP contribution in [0.15, 0.2) is 64.5 Å². The number of H-pyrrole nitrogens is 1. The quantitative estimate of drug-likeness (QED) is 0.561. The number of carbonyl (C=O) groups is 1. The third kappa shape index (κ3) is 3.14. The number of hydrogen-bond donors (Lipinski definition) is 1. The van der Waals surface area contributed by atoms with E-state index < -0.39 is 0 Å². The SMILES string of the molecule is CC(=O)N1c2ccccc2-c2c(=O)[nH]c(SCc3ccccc3)n[n+]2[C@@H]1C. The Morgan fingerprint density at radius 3 is 2.63 bits per heavy atom. The first-order valence-corrected chi connectivity index (χ1v) is 9.67. The van der Waals surface area contributed by atoms with Crippen LogP contribution in [0.25, 0.3) is 11.3 Å². The Bertz CT molecular complexity index is 1070. The smallest absolute Gasteiger partial charge is 0.291 e. The van der Waals surface area contributed by atoms with Crippen LogP contribution in [0.3, 0.4) is 0 Å². The predicted molar refractivity (Wildman–Crippen MR) is 104 cm³/mol. The van der Waals surface area contributed by atoms with E-state index >= 15 is 0 Å². The van der Waals surface area contributed by atoms with Gasteiger partial charge in [0.25, 0.3) is 6.17 Å². The minimum atomic E-state index is -0.384. The zero-order valence-corrected chi connectivity index (χ0v) is 15.9. The summed E-state index contributed by atoms with van der Waals surface area (Å²) in [5.41, 5.74) is 2.85. The molecule has 27 heavy (non-hydrogen) atoms. The fourth-order valence-corrected chi connectivity index (χ4v) is 4.17. The van der Waals surface area contributed by atoms with E-state index in [1.165, 1.54) is 18.7 Å². The number of para-hydroxylation sites is 1. The van der Waals surface area contributed by atoms with Crippen LogP contribution in [0.4, 0.5) is 5.69 Å². The lowest BCUT2D eigenvalue weighted by Crippen LogP contribution is -2.59. The van der Waals surface area contributed by atoms with Crippen molar-refractivity contribution < 1.29 is 9.48 Å². The van der Waals surface area contributed by atoms with Gasteiger partial charge >= 0.3 is 11.3 Å². The number of aromatic nitrogens is 3. The zero-order valence-electron chi connectivity index (χ0n) is 15.0. The van der Waals surface area contributed by atoms with Crippen LogP contribution in [-0.4, -0.2) is 16.0 Å². The average Bonchev–Trinajstić information content (AvgIpc) is 2.67. The van der Waals surface area contributed by atoms with Gasteiger partial charge < -0.3 is 0 Å². The molecule has 2 aromatic carbocycles. The Morgan fingerprint density at radius 1 is 1.19 bits per heavy atom. The molecule has 4 rings (SSSR count). The lowest BCUT2D eigenvalue weighted by molar-refractivity contribution is -0.768. The van der Waals surface area contributed by atoms with Gasteiger partial charge in [-0.3, -0.25) is 19.5 Å². The second kappa shape index (κ2) is 7.00. The molecule has 6 nitrogen and oxygen atoms in total. The first-order valence-electron chi connectivity index (χ1n) is 8.68. The number of rotatable bonds is 3. The normalized spacial score (nSPS) is 15.2. The van der Waals surface area contributed by atoms with Crippen molar-refractivity contribution in [3.8, 4) is 11.3 Å². The molecule has 1 aliphatic rings. The van der Waals surface area contributed by atoms with E-state index in [1.807, 2.05) is 61.5 Å². The number of nitrogens with zero attached hydrogens (tertiary/aromatic N) is 3. The fourth-order valence-electron chi connectivity index (χ4n) is 3.37. The minimum Gasteiger partial charge on any atom is -0.291 e. The topological polar surface area (TPSA) is 69.9 Å². The van der Waals surface area contributed by atoms with Gasteiger partial charge in [0.2, 0.25) is 11.1 Å². The lowest BCUT2D eigenvalue weighted by atomic mass is 10.1. The molecule has 1 aromatic heterocycles. The molecule has 0 spiro atoms. The molecule has 3 aromatic rings. The van der Waals surface area contributed by atoms with Crippen molar-refractivity contribution in [2.45, 2.75) is 30.9 Å². The van der Waals surface area contributed by atoms with Crippen molar-refractivity contribution in [3.05, 3.63) is 70.5 Å². The minimum absolute atomic E-state index is 0.0892. The van der Waals surface area contributed by atoms with Gasteiger partial charge in [-0.1, -0.05) is 58.9 Å². The van der Waals surface area contributed by atoms with Crippen molar-refractivity contribution >= 4 is 23.4 Å². The summed E-state index contributed by atoms with van der Waals surface area (Å²) in [6.07, 6.45) is -0.384. The van der Waals surface area contributed by atoms with Crippen molar-refractivity contribution in [3.63, 3.8) is 0 Å². The van der Waals surface area contributed by atoms with Gasteiger partial charge in [0.05, 0.1) is 11.3 Å². The van der Waals surface area contributed by atoms with Gasteiger partial charge in [0, 0.05) is 24.7 Å². The Labute approximate surface area is 160 Å². The summed E-state index contributed by atoms with van der Waals surface area (Å²) in [6.45, 7) is 3.40. The van der Waals surface area contributed by atoms with E-state index in [9.17, 15) is 9.59 Å². The molecule has 0 aliphatic carbocycles. The van der Waals surface area contributed by atoms with E-state index in [2.05, 4.69) is 10.1 Å². The van der Waals surface area contributed by atoms with Crippen LogP contribution in [-0.2, 0) is 10.5 Å². The summed E-state index contributed by atoms with van der Waals surface area (Å²) in [7, 11) is 0. The fraction of sp³-hybridized carbons (Fsp3) is 0.200. The second-order valence-corrected chi connectivity index (χ2v) is 7.33. The summed E-state index contributed by atoms with van der Waals surface area (Å²) in [5, 5.41) is 5.16. The highest BCUT2D eigenvalue weighted by Crippen LogP contribution is 2.34. The molecule has 1 amide bonds. The van der Waals surface area contributed by atoms with E-state index in [-0.39, 0.29) is 17.6 Å². The van der Waals surface area contributed by atoms with Gasteiger partial charge in [-0.05, 0) is 17.7 Å². The maximum Gasteiger partial charge on any atom is 0.325 e. The van der Waals surface area contributed by atoms with Crippen molar-refractivity contribution in [2.24, 2.45) is 0 Å². The first kappa shape index (κ1) is 17.5. The highest BCUT2D eigenvalue weighted by atomic mass is 32.2. The second-order valence-electron chi connectivity index (χ2n) is 6.36. The summed E-state index contributed by atoms with van der Waals surface area (Å²) >= 11 is 1.46. The van der Waals surface area contributed by atoms with E-state index in [4.69, 9.17) is 0 Å². The van der Waals surface area contributed by atoms with E-state index in [0.717, 1.165) is 11.3 Å². The van der Waals surface area contributed by atoms with Crippen LogP contribution in [0.1, 0.15) is 25.6 Å². The standard InChI is InChI=1S/C20H18N4O2S/c1-13-23(14(2)25)17-11-7-6-10-16(17)18-19(26)21-20(22-24(13)18)27-12-15-8-4-3-5-9-15/h3-11,13H,12H2,1-2H3/p+1/t13-/m1/s1. The molecule has 0 bridgehead atoms. The number of aromatic amines is 1. The third-order valence-electron chi connectivity index (χ3n) is 4.57. The Hall–Kier alpha value is -2.93. The number of benzene rings is 2. The molecule has 0 unspecified atom stereocenters. The van der Waals surface area contributed by atoms with E-state index in [1.54, 1.807) is 9.58 Å². The Balaban J connectivity index is 1.77. The zero-order chi connectivity index (χ0) is 19.0. The number of hydrogen-bond acceptors (Lipinski definition) is 4. The van der Waals surface area contributed by atoms with Gasteiger partial charge in [0.15, 0.2) is 0 Å². The number of carbonyl (C=O) groups excluding carboxylic acids is 1. The van der Waals surface area contributed by atoms with Gasteiger partial charge in [-0.25, -0.2) is 0 Å². The Morgan fingerprint density at radius 2 is 1.89 bits per heavy atom. The summed E-state index contributed by atoms with van der Waals surface area (Å²) in [6, 6.07) is 17.4. The Kier molecular flexibility index (Phi) is 4.53. The molecule has 0 radical (unpaired) electrons. The van der Waals surface area contributed by atoms with Gasteiger partial charge in [-0.2, -0.15) is 0 Å². The monoisotopic (exact) mass is 379 g/mol. The number of amides is 1. The average molecular weight is 379 g/mol. The third-order valence-corrected chi connectivity index (χ3v) is 5.50. The van der Waals surface area contributed by atoms with Crippen LogP contribution >= 0.6 is 11.8 Å². The number of anilines is 1. The summed E-state index contributed by atoms with van der Waals surface area (Å²) in [5.74, 6) is 0.610. The maximum atomic E-state index is 12.8. The number of thioether (sulfide) groups is 1. The molecule has 0 fully saturated rings. The molecular weight excluding hydrogens is 360 g/mol. The highest BCUT2D eigenvalue weighted by Gasteiger charge is 2.40. The predicted octanol–water partition coefficient (Wildman–Crippen LogP) is 2.90. The highest BCUT2D eigenvalue weighted by molar-refractivity contribution is 7.98. The molecule has 1 atom stereocenters. The van der Waals surface area contributed by atoms with E-state index in [0.29, 0.717) is 22.2 Å². The summed E-state index contributed by atoms with van der Waals surface area (Å²) in [4.78, 5) is 29.7. The van der Waals surface area contributed by atoms with Crippen molar-refractivity contribution in [1.29, 1.82) is 0 Å². The van der Waals surface area contributed by atoms with Gasteiger partial charge in [-0.15, -0.1) is 0 Å². The number of nitrogens with one attached hydrogen (secondary N) is 1. The van der Waals surface area contributed by atoms with Gasteiger partial charge in [0.1, 0.15) is 0 Å². The molecule has 1 N–H and O–H groups in total. The largest absolute Gasteiger partial charge is 0.325 e. The molecule has 2 heterocycles. The molecule has 136 valence electrons. The first-order chi connectivity index (χ1) is 13.1. The van der Waals surface area contributed by atoms with Crippen molar-refractivity contribution in [2.75, 3.05) is 4.90 Å². The molecule has 0 saturated carbocycles. The van der Waals surface area contributed by atoms with Crippen LogP contribution in [0.2, 0.25) is 0 Å². The summed E-state index contributed by atoms with van der Waals surface area (Å²) < 4.78 is 1.65. The van der Waals surface area contributed by atoms with Crippen molar-refractivity contribution in [1.82, 2.24) is 10.1 Å². The molecule has 1 aliphatic heterocycles.